The van der Waals surface area contributed by atoms with Crippen molar-refractivity contribution < 1.29 is 14.1 Å². The average molecular weight is 401 g/mol. The van der Waals surface area contributed by atoms with E-state index < -0.39 is 16.6 Å². The highest BCUT2D eigenvalue weighted by atomic mass is 35.5. The Kier molecular flexibility index (Phi) is 5.81. The number of nitro groups is 1. The second-order valence-corrected chi connectivity index (χ2v) is 6.24. The molecule has 0 bridgehead atoms. The van der Waals surface area contributed by atoms with Gasteiger partial charge in [0, 0.05) is 29.4 Å². The van der Waals surface area contributed by atoms with Crippen LogP contribution in [0.4, 0.5) is 15.8 Å². The Labute approximate surface area is 164 Å². The van der Waals surface area contributed by atoms with Crippen molar-refractivity contribution in [2.45, 2.75) is 6.54 Å². The zero-order chi connectivity index (χ0) is 20.1. The van der Waals surface area contributed by atoms with Gasteiger partial charge in [0.15, 0.2) is 0 Å². The van der Waals surface area contributed by atoms with Gasteiger partial charge in [-0.05, 0) is 29.3 Å². The van der Waals surface area contributed by atoms with Crippen LogP contribution in [0.25, 0.3) is 6.08 Å². The second-order valence-electron chi connectivity index (χ2n) is 5.84. The number of anilines is 1. The highest BCUT2D eigenvalue weighted by Crippen LogP contribution is 2.19. The first-order valence-electron chi connectivity index (χ1n) is 8.10. The van der Waals surface area contributed by atoms with Gasteiger partial charge < -0.3 is 5.32 Å². The molecule has 1 heterocycles. The monoisotopic (exact) mass is 400 g/mol. The molecule has 1 amide bonds. The Morgan fingerprint density at radius 3 is 2.89 bits per heavy atom. The number of aromatic nitrogens is 2. The number of halogens is 2. The molecule has 1 aromatic heterocycles. The SMILES string of the molecule is O=C(/C=C/c1cccc([N+](=O)[O-])c1)Nc1cnn(Cc2ccc(F)cc2Cl)c1. The zero-order valence-electron chi connectivity index (χ0n) is 14.4. The number of rotatable bonds is 6. The molecular weight excluding hydrogens is 387 g/mol. The maximum Gasteiger partial charge on any atom is 0.270 e. The standard InChI is InChI=1S/C19H14ClFN4O3/c20-18-9-15(21)6-5-14(18)11-24-12-16(10-22-24)23-19(26)7-4-13-2-1-3-17(8-13)25(27)28/h1-10,12H,11H2,(H,23,26)/b7-4+. The Morgan fingerprint density at radius 1 is 1.32 bits per heavy atom. The van der Waals surface area contributed by atoms with Gasteiger partial charge in [0.05, 0.1) is 23.4 Å². The molecule has 28 heavy (non-hydrogen) atoms. The fraction of sp³-hybridized carbons (Fsp3) is 0.0526. The number of nitrogens with one attached hydrogen (secondary N) is 1. The van der Waals surface area contributed by atoms with Crippen LogP contribution < -0.4 is 5.32 Å². The van der Waals surface area contributed by atoms with Crippen molar-refractivity contribution in [2.75, 3.05) is 5.32 Å². The maximum absolute atomic E-state index is 13.1. The van der Waals surface area contributed by atoms with Gasteiger partial charge in [0.1, 0.15) is 5.82 Å². The van der Waals surface area contributed by atoms with E-state index >= 15 is 0 Å². The van der Waals surface area contributed by atoms with Gasteiger partial charge >= 0.3 is 0 Å². The van der Waals surface area contributed by atoms with E-state index in [1.807, 2.05) is 0 Å². The third-order valence-electron chi connectivity index (χ3n) is 3.76. The fourth-order valence-corrected chi connectivity index (χ4v) is 2.66. The summed E-state index contributed by atoms with van der Waals surface area (Å²) in [5, 5.41) is 17.8. The molecule has 0 aliphatic rings. The van der Waals surface area contributed by atoms with E-state index in [1.54, 1.807) is 29.1 Å². The van der Waals surface area contributed by atoms with Crippen LogP contribution in [-0.4, -0.2) is 20.6 Å². The lowest BCUT2D eigenvalue weighted by Crippen LogP contribution is -2.07. The Hall–Kier alpha value is -3.52. The molecule has 0 unspecified atom stereocenters. The minimum absolute atomic E-state index is 0.0525. The van der Waals surface area contributed by atoms with Gasteiger partial charge in [-0.15, -0.1) is 0 Å². The molecule has 0 radical (unpaired) electrons. The zero-order valence-corrected chi connectivity index (χ0v) is 15.1. The molecule has 0 saturated carbocycles. The lowest BCUT2D eigenvalue weighted by Gasteiger charge is -2.04. The summed E-state index contributed by atoms with van der Waals surface area (Å²) in [5.74, 6) is -0.830. The third-order valence-corrected chi connectivity index (χ3v) is 4.11. The number of hydrogen-bond donors (Lipinski definition) is 1. The normalized spacial score (nSPS) is 10.9. The number of carbonyl (C=O) groups is 1. The van der Waals surface area contributed by atoms with Crippen molar-refractivity contribution in [1.29, 1.82) is 0 Å². The van der Waals surface area contributed by atoms with Gasteiger partial charge in [0.2, 0.25) is 5.91 Å². The van der Waals surface area contributed by atoms with Gasteiger partial charge in [-0.1, -0.05) is 29.8 Å². The number of hydrogen-bond acceptors (Lipinski definition) is 4. The van der Waals surface area contributed by atoms with Gasteiger partial charge in [-0.2, -0.15) is 5.10 Å². The van der Waals surface area contributed by atoms with E-state index in [4.69, 9.17) is 11.6 Å². The molecule has 0 spiro atoms. The molecular formula is C19H14ClFN4O3. The van der Waals surface area contributed by atoms with Gasteiger partial charge in [-0.25, -0.2) is 4.39 Å². The van der Waals surface area contributed by atoms with Crippen LogP contribution in [0.3, 0.4) is 0 Å². The summed E-state index contributed by atoms with van der Waals surface area (Å²) < 4.78 is 14.7. The van der Waals surface area contributed by atoms with Crippen molar-refractivity contribution in [3.63, 3.8) is 0 Å². The molecule has 2 aromatic carbocycles. The summed E-state index contributed by atoms with van der Waals surface area (Å²) in [6.45, 7) is 0.318. The second kappa shape index (κ2) is 8.45. The number of benzene rings is 2. The van der Waals surface area contributed by atoms with Crippen molar-refractivity contribution in [1.82, 2.24) is 9.78 Å². The lowest BCUT2D eigenvalue weighted by molar-refractivity contribution is -0.384. The molecule has 9 heteroatoms. The number of nitro benzene ring substituents is 1. The predicted molar refractivity (Wildman–Crippen MR) is 103 cm³/mol. The molecule has 3 aromatic rings. The van der Waals surface area contributed by atoms with Crippen LogP contribution in [0, 0.1) is 15.9 Å². The van der Waals surface area contributed by atoms with Crippen molar-refractivity contribution in [3.8, 4) is 0 Å². The highest BCUT2D eigenvalue weighted by molar-refractivity contribution is 6.31. The van der Waals surface area contributed by atoms with Crippen molar-refractivity contribution >= 4 is 35.0 Å². The smallest absolute Gasteiger partial charge is 0.270 e. The summed E-state index contributed by atoms with van der Waals surface area (Å²) in [5.41, 5.74) is 1.64. The lowest BCUT2D eigenvalue weighted by atomic mass is 10.2. The molecule has 0 atom stereocenters. The largest absolute Gasteiger partial charge is 0.320 e. The number of amides is 1. The van der Waals surface area contributed by atoms with E-state index in [1.165, 1.54) is 42.6 Å². The summed E-state index contributed by atoms with van der Waals surface area (Å²) >= 11 is 6.00. The number of nitrogens with zero attached hydrogens (tertiary/aromatic N) is 3. The summed E-state index contributed by atoms with van der Waals surface area (Å²) in [6, 6.07) is 10.0. The first-order valence-corrected chi connectivity index (χ1v) is 8.48. The van der Waals surface area contributed by atoms with E-state index in [9.17, 15) is 19.3 Å². The number of non-ortho nitro benzene ring substituents is 1. The predicted octanol–water partition coefficient (Wildman–Crippen LogP) is 4.28. The molecule has 0 aliphatic heterocycles. The minimum Gasteiger partial charge on any atom is -0.320 e. The Morgan fingerprint density at radius 2 is 2.14 bits per heavy atom. The molecule has 1 N–H and O–H groups in total. The molecule has 3 rings (SSSR count). The maximum atomic E-state index is 13.1. The van der Waals surface area contributed by atoms with Crippen molar-refractivity contribution in [2.24, 2.45) is 0 Å². The van der Waals surface area contributed by atoms with Crippen LogP contribution in [0.2, 0.25) is 5.02 Å². The quantitative estimate of drug-likeness (QED) is 0.380. The molecule has 0 saturated heterocycles. The van der Waals surface area contributed by atoms with Crippen LogP contribution in [0.1, 0.15) is 11.1 Å². The van der Waals surface area contributed by atoms with Crippen LogP contribution in [-0.2, 0) is 11.3 Å². The van der Waals surface area contributed by atoms with Gasteiger partial charge in [0.25, 0.3) is 5.69 Å². The fourth-order valence-electron chi connectivity index (χ4n) is 2.44. The Bertz CT molecular complexity index is 1060. The molecule has 0 aliphatic carbocycles. The van der Waals surface area contributed by atoms with E-state index in [0.29, 0.717) is 28.4 Å². The van der Waals surface area contributed by atoms with Crippen molar-refractivity contribution in [3.05, 3.63) is 93.0 Å². The molecule has 142 valence electrons. The van der Waals surface area contributed by atoms with Crippen LogP contribution in [0.5, 0.6) is 0 Å². The van der Waals surface area contributed by atoms with E-state index in [0.717, 1.165) is 0 Å². The topological polar surface area (TPSA) is 90.1 Å². The van der Waals surface area contributed by atoms with Crippen LogP contribution in [0.15, 0.2) is 60.9 Å². The van der Waals surface area contributed by atoms with E-state index in [-0.39, 0.29) is 5.69 Å². The highest BCUT2D eigenvalue weighted by Gasteiger charge is 2.07. The summed E-state index contributed by atoms with van der Waals surface area (Å²) in [4.78, 5) is 22.3. The summed E-state index contributed by atoms with van der Waals surface area (Å²) in [6.07, 6.45) is 5.83. The molecule has 7 nitrogen and oxygen atoms in total. The molecule has 0 fully saturated rings. The van der Waals surface area contributed by atoms with E-state index in [2.05, 4.69) is 10.4 Å². The summed E-state index contributed by atoms with van der Waals surface area (Å²) in [7, 11) is 0. The minimum atomic E-state index is -0.501. The average Bonchev–Trinajstić information content (AvgIpc) is 3.09. The first kappa shape index (κ1) is 19.2. The number of carbonyl (C=O) groups excluding carboxylic acids is 1. The Balaban J connectivity index is 1.62. The van der Waals surface area contributed by atoms with Gasteiger partial charge in [-0.3, -0.25) is 19.6 Å². The third kappa shape index (κ3) is 5.01. The van der Waals surface area contributed by atoms with Crippen LogP contribution >= 0.6 is 11.6 Å². The first-order chi connectivity index (χ1) is 13.4.